The number of pyridine rings is 1. The maximum Gasteiger partial charge on any atom is 0.291 e. The number of benzene rings is 3. The number of methoxy groups -OCH3 is 1. The monoisotopic (exact) mass is 725 g/mol. The van der Waals surface area contributed by atoms with Crippen LogP contribution in [0.1, 0.15) is 64.1 Å². The number of amides is 1. The SMILES string of the molecule is COc1cc(C(=O)N[SH+](=O)CC2CC2)cc2c1nc(Cc1cc(C)c3cc1OCCCc1cc(F)ccc1COc1cccc-3n1)n2CC1CCO1. The normalized spacial score (nSPS) is 17.6. The number of halogens is 1. The average Bonchev–Trinajstić information content (AvgIpc) is 3.86. The minimum atomic E-state index is -1.84. The van der Waals surface area contributed by atoms with Crippen LogP contribution < -0.4 is 18.9 Å². The minimum absolute atomic E-state index is 0.0133. The molecule has 3 aromatic carbocycles. The second-order valence-corrected chi connectivity index (χ2v) is 15.2. The predicted molar refractivity (Wildman–Crippen MR) is 197 cm³/mol. The van der Waals surface area contributed by atoms with E-state index >= 15 is 0 Å². The van der Waals surface area contributed by atoms with Crippen LogP contribution in [0.2, 0.25) is 0 Å². The Balaban J connectivity index is 1.16. The summed E-state index contributed by atoms with van der Waals surface area (Å²) in [6, 6.07) is 18.1. The Morgan fingerprint density at radius 3 is 2.69 bits per heavy atom. The number of carbonyl (C=O) groups is 1. The lowest BCUT2D eigenvalue weighted by atomic mass is 9.99. The standard InChI is InChI=1S/C40H41FN4O6S/c1-24-15-28(35-20-32(24)33-6-3-7-38(42-33)51-22-27-10-11-30(41)16-26(27)5-4-13-50-35)19-37-43-39-34(45(37)21-31-12-14-49-31)17-29(18-36(39)48-2)40(46)44-52(47)23-25-8-9-25/h3,6-7,10-11,15-18,20,25,31H,4-5,8-9,12-14,19,21-23H2,1-2H3,(H,44,46,47)/p+1. The molecule has 4 heterocycles. The Hall–Kier alpha value is -4.81. The molecule has 1 N–H and O–H groups in total. The molecule has 8 rings (SSSR count). The van der Waals surface area contributed by atoms with Crippen molar-refractivity contribution in [1.29, 1.82) is 0 Å². The van der Waals surface area contributed by atoms with Gasteiger partial charge in [0.25, 0.3) is 5.91 Å². The van der Waals surface area contributed by atoms with Gasteiger partial charge in [0.15, 0.2) is 11.0 Å². The van der Waals surface area contributed by atoms with E-state index in [1.54, 1.807) is 31.4 Å². The number of hydrogen-bond donors (Lipinski definition) is 1. The van der Waals surface area contributed by atoms with E-state index in [4.69, 9.17) is 28.9 Å². The molecular formula is C40H42FN4O6S+. The molecule has 5 aromatic rings. The quantitative estimate of drug-likeness (QED) is 0.134. The number of nitrogens with zero attached hydrogens (tertiary/aromatic N) is 3. The third kappa shape index (κ3) is 7.40. The van der Waals surface area contributed by atoms with E-state index in [9.17, 15) is 13.4 Å². The largest absolute Gasteiger partial charge is 0.494 e. The van der Waals surface area contributed by atoms with Gasteiger partial charge in [0.2, 0.25) is 5.88 Å². The number of aromatic nitrogens is 3. The summed E-state index contributed by atoms with van der Waals surface area (Å²) in [7, 11) is -0.283. The number of carbonyl (C=O) groups excluding carboxylic acids is 1. The van der Waals surface area contributed by atoms with Gasteiger partial charge in [-0.2, -0.15) is 4.72 Å². The van der Waals surface area contributed by atoms with Gasteiger partial charge < -0.3 is 23.5 Å². The molecule has 1 saturated carbocycles. The minimum Gasteiger partial charge on any atom is -0.494 e. The molecular weight excluding hydrogens is 684 g/mol. The second kappa shape index (κ2) is 14.7. The predicted octanol–water partition coefficient (Wildman–Crippen LogP) is 6.59. The smallest absolute Gasteiger partial charge is 0.291 e. The molecule has 0 radical (unpaired) electrons. The van der Waals surface area contributed by atoms with Crippen LogP contribution in [0, 0.1) is 18.7 Å². The summed E-state index contributed by atoms with van der Waals surface area (Å²) in [5.41, 5.74) is 7.17. The molecule has 12 heteroatoms. The highest BCUT2D eigenvalue weighted by Gasteiger charge is 2.29. The summed E-state index contributed by atoms with van der Waals surface area (Å²) >= 11 is 0. The molecule has 10 nitrogen and oxygen atoms in total. The lowest BCUT2D eigenvalue weighted by Gasteiger charge is -2.27. The molecule has 1 saturated heterocycles. The van der Waals surface area contributed by atoms with E-state index in [2.05, 4.69) is 22.3 Å². The van der Waals surface area contributed by atoms with Crippen molar-refractivity contribution in [3.63, 3.8) is 0 Å². The Kier molecular flexibility index (Phi) is 9.67. The number of ether oxygens (including phenoxy) is 4. The highest BCUT2D eigenvalue weighted by Crippen LogP contribution is 2.36. The first-order valence-electron chi connectivity index (χ1n) is 17.9. The first-order chi connectivity index (χ1) is 25.3. The van der Waals surface area contributed by atoms with Gasteiger partial charge in [-0.25, -0.2) is 14.4 Å². The molecule has 2 fully saturated rings. The molecule has 3 aliphatic rings. The van der Waals surface area contributed by atoms with Gasteiger partial charge in [-0.15, -0.1) is 0 Å². The van der Waals surface area contributed by atoms with Crippen LogP contribution in [0.4, 0.5) is 4.39 Å². The molecule has 2 aromatic heterocycles. The molecule has 4 bridgehead atoms. The Morgan fingerprint density at radius 2 is 1.90 bits per heavy atom. The van der Waals surface area contributed by atoms with Crippen molar-refractivity contribution in [3.8, 4) is 28.6 Å². The van der Waals surface area contributed by atoms with Crippen LogP contribution in [-0.2, 0) is 45.9 Å². The summed E-state index contributed by atoms with van der Waals surface area (Å²) < 4.78 is 56.0. The highest BCUT2D eigenvalue weighted by atomic mass is 32.2. The molecule has 1 aliphatic carbocycles. The van der Waals surface area contributed by atoms with Gasteiger partial charge >= 0.3 is 0 Å². The number of aryl methyl sites for hydroxylation is 2. The van der Waals surface area contributed by atoms with E-state index in [1.807, 2.05) is 24.3 Å². The fourth-order valence-electron chi connectivity index (χ4n) is 6.93. The number of fused-ring (bicyclic) bond motifs is 7. The Bertz CT molecular complexity index is 2180. The topological polar surface area (TPSA) is 114 Å². The highest BCUT2D eigenvalue weighted by molar-refractivity contribution is 7.83. The molecule has 2 atom stereocenters. The van der Waals surface area contributed by atoms with Crippen LogP contribution >= 0.6 is 0 Å². The molecule has 2 aliphatic heterocycles. The van der Waals surface area contributed by atoms with Gasteiger partial charge in [-0.05, 0) is 92.1 Å². The lowest BCUT2D eigenvalue weighted by Crippen LogP contribution is -2.32. The van der Waals surface area contributed by atoms with Crippen LogP contribution in [0.25, 0.3) is 22.3 Å². The van der Waals surface area contributed by atoms with Crippen molar-refractivity contribution in [2.45, 2.75) is 64.7 Å². The van der Waals surface area contributed by atoms with Crippen LogP contribution in [-0.4, -0.2) is 52.6 Å². The Labute approximate surface area is 304 Å². The summed E-state index contributed by atoms with van der Waals surface area (Å²) in [6.07, 6.45) is 4.79. The summed E-state index contributed by atoms with van der Waals surface area (Å²) in [5, 5.41) is 0. The summed E-state index contributed by atoms with van der Waals surface area (Å²) in [5.74, 6) is 2.68. The number of thiol groups is 1. The zero-order valence-electron chi connectivity index (χ0n) is 29.3. The van der Waals surface area contributed by atoms with Gasteiger partial charge in [-0.1, -0.05) is 22.4 Å². The van der Waals surface area contributed by atoms with Crippen LogP contribution in [0.5, 0.6) is 17.4 Å². The van der Waals surface area contributed by atoms with Gasteiger partial charge in [-0.3, -0.25) is 4.79 Å². The maximum atomic E-state index is 14.3. The molecule has 0 spiro atoms. The van der Waals surface area contributed by atoms with Crippen molar-refractivity contribution in [2.75, 3.05) is 26.1 Å². The van der Waals surface area contributed by atoms with E-state index in [0.717, 1.165) is 64.1 Å². The zero-order valence-corrected chi connectivity index (χ0v) is 30.2. The number of imidazole rings is 1. The number of nitrogens with one attached hydrogen (secondary N) is 1. The van der Waals surface area contributed by atoms with Crippen molar-refractivity contribution in [2.24, 2.45) is 5.92 Å². The number of hydrogen-bond acceptors (Lipinski definition) is 8. The molecule has 270 valence electrons. The number of rotatable bonds is 9. The maximum absolute atomic E-state index is 14.3. The van der Waals surface area contributed by atoms with Gasteiger partial charge in [0.05, 0.1) is 37.6 Å². The molecule has 52 heavy (non-hydrogen) atoms. The van der Waals surface area contributed by atoms with Crippen molar-refractivity contribution >= 4 is 27.9 Å². The van der Waals surface area contributed by atoms with Crippen molar-refractivity contribution in [3.05, 3.63) is 100 Å². The zero-order chi connectivity index (χ0) is 35.8. The van der Waals surface area contributed by atoms with Gasteiger partial charge in [0.1, 0.15) is 41.0 Å². The van der Waals surface area contributed by atoms with E-state index in [1.165, 1.54) is 6.07 Å². The van der Waals surface area contributed by atoms with Gasteiger partial charge in [0, 0.05) is 41.7 Å². The van der Waals surface area contributed by atoms with E-state index in [-0.39, 0.29) is 11.9 Å². The lowest BCUT2D eigenvalue weighted by molar-refractivity contribution is -0.0589. The first kappa shape index (κ1) is 34.3. The Morgan fingerprint density at radius 1 is 1.04 bits per heavy atom. The second-order valence-electron chi connectivity index (χ2n) is 13.9. The summed E-state index contributed by atoms with van der Waals surface area (Å²) in [6.45, 7) is 4.02. The van der Waals surface area contributed by atoms with Crippen molar-refractivity contribution in [1.82, 2.24) is 19.3 Å². The first-order valence-corrected chi connectivity index (χ1v) is 19.3. The third-order valence-electron chi connectivity index (χ3n) is 10.1. The van der Waals surface area contributed by atoms with Crippen LogP contribution in [0.15, 0.2) is 60.7 Å². The van der Waals surface area contributed by atoms with E-state index in [0.29, 0.717) is 85.8 Å². The fourth-order valence-corrected chi connectivity index (χ4v) is 8.21. The summed E-state index contributed by atoms with van der Waals surface area (Å²) in [4.78, 5) is 23.2. The van der Waals surface area contributed by atoms with Crippen LogP contribution in [0.3, 0.4) is 0 Å². The molecule has 1 amide bonds. The average molecular weight is 726 g/mol. The third-order valence-corrected chi connectivity index (χ3v) is 11.4. The fraction of sp³-hybridized carbons (Fsp3) is 0.375. The van der Waals surface area contributed by atoms with Crippen molar-refractivity contribution < 1.29 is 32.3 Å². The molecule has 2 unspecified atom stereocenters. The van der Waals surface area contributed by atoms with E-state index < -0.39 is 16.9 Å².